The first kappa shape index (κ1) is 13.3. The molecule has 1 aliphatic rings. The van der Waals surface area contributed by atoms with Crippen molar-refractivity contribution in [2.24, 2.45) is 0 Å². The Morgan fingerprint density at radius 1 is 1.33 bits per heavy atom. The van der Waals surface area contributed by atoms with Gasteiger partial charge in [0, 0.05) is 36.3 Å². The van der Waals surface area contributed by atoms with Crippen LogP contribution in [0.3, 0.4) is 0 Å². The van der Waals surface area contributed by atoms with Crippen LogP contribution < -0.4 is 5.43 Å². The molecule has 0 radical (unpaired) electrons. The Balaban J connectivity index is 2.01. The lowest BCUT2D eigenvalue weighted by molar-refractivity contribution is -0.385. The molecule has 1 fully saturated rings. The predicted molar refractivity (Wildman–Crippen MR) is 70.4 cm³/mol. The minimum absolute atomic E-state index is 0.0759. The van der Waals surface area contributed by atoms with Crippen molar-refractivity contribution in [1.29, 1.82) is 0 Å². The molecular weight excluding hydrogens is 254 g/mol. The van der Waals surface area contributed by atoms with Gasteiger partial charge in [-0.3, -0.25) is 15.5 Å². The van der Waals surface area contributed by atoms with Gasteiger partial charge >= 0.3 is 0 Å². The number of benzene rings is 1. The summed E-state index contributed by atoms with van der Waals surface area (Å²) in [7, 11) is 0. The third-order valence-corrected chi connectivity index (χ3v) is 3.33. The summed E-state index contributed by atoms with van der Waals surface area (Å²) >= 11 is 5.77. The molecule has 0 unspecified atom stereocenters. The van der Waals surface area contributed by atoms with Gasteiger partial charge in [0.05, 0.1) is 4.92 Å². The average molecular weight is 270 g/mol. The van der Waals surface area contributed by atoms with E-state index in [1.54, 1.807) is 12.1 Å². The van der Waals surface area contributed by atoms with E-state index in [0.717, 1.165) is 13.1 Å². The molecule has 98 valence electrons. The van der Waals surface area contributed by atoms with E-state index < -0.39 is 0 Å². The Bertz CT molecular complexity index is 433. The fourth-order valence-corrected chi connectivity index (χ4v) is 2.27. The van der Waals surface area contributed by atoms with E-state index in [0.29, 0.717) is 17.1 Å². The van der Waals surface area contributed by atoms with Gasteiger partial charge in [0.2, 0.25) is 0 Å². The monoisotopic (exact) mass is 269 g/mol. The molecule has 0 spiro atoms. The number of rotatable bonds is 4. The van der Waals surface area contributed by atoms with Crippen LogP contribution in [0.15, 0.2) is 18.2 Å². The van der Waals surface area contributed by atoms with E-state index in [-0.39, 0.29) is 10.6 Å². The first-order valence-corrected chi connectivity index (χ1v) is 6.46. The van der Waals surface area contributed by atoms with Gasteiger partial charge in [-0.05, 0) is 25.0 Å². The molecule has 1 saturated heterocycles. The predicted octanol–water partition coefficient (Wildman–Crippen LogP) is 2.74. The van der Waals surface area contributed by atoms with Crippen molar-refractivity contribution >= 4 is 17.3 Å². The highest BCUT2D eigenvalue weighted by atomic mass is 35.5. The molecule has 1 aromatic carbocycles. The van der Waals surface area contributed by atoms with Gasteiger partial charge in [0.25, 0.3) is 5.69 Å². The lowest BCUT2D eigenvalue weighted by Crippen LogP contribution is -2.41. The summed E-state index contributed by atoms with van der Waals surface area (Å²) in [5.74, 6) is 0. The van der Waals surface area contributed by atoms with Gasteiger partial charge in [0.1, 0.15) is 0 Å². The average Bonchev–Trinajstić information content (AvgIpc) is 2.38. The summed E-state index contributed by atoms with van der Waals surface area (Å²) < 4.78 is 0. The third-order valence-electron chi connectivity index (χ3n) is 3.09. The zero-order valence-electron chi connectivity index (χ0n) is 10.1. The number of nitrogens with zero attached hydrogens (tertiary/aromatic N) is 2. The number of piperidine rings is 1. The van der Waals surface area contributed by atoms with Crippen LogP contribution >= 0.6 is 11.6 Å². The second-order valence-electron chi connectivity index (χ2n) is 4.41. The molecule has 1 aliphatic heterocycles. The number of nitro groups is 1. The third kappa shape index (κ3) is 3.41. The summed E-state index contributed by atoms with van der Waals surface area (Å²) in [5, 5.41) is 13.4. The maximum atomic E-state index is 10.9. The molecule has 6 heteroatoms. The van der Waals surface area contributed by atoms with Crippen molar-refractivity contribution < 1.29 is 4.92 Å². The number of nitro benzene ring substituents is 1. The van der Waals surface area contributed by atoms with Crippen molar-refractivity contribution in [3.63, 3.8) is 0 Å². The SMILES string of the molecule is O=[N+]([O-])c1cc(Cl)ccc1CNN1CCCCC1. The maximum Gasteiger partial charge on any atom is 0.275 e. The molecule has 0 bridgehead atoms. The second kappa shape index (κ2) is 6.13. The molecule has 0 aliphatic carbocycles. The summed E-state index contributed by atoms with van der Waals surface area (Å²) in [6.07, 6.45) is 3.62. The van der Waals surface area contributed by atoms with Crippen LogP contribution in [0.1, 0.15) is 24.8 Å². The number of halogens is 1. The van der Waals surface area contributed by atoms with Crippen LogP contribution in [0.5, 0.6) is 0 Å². The number of hydrogen-bond donors (Lipinski definition) is 1. The Labute approximate surface area is 111 Å². The van der Waals surface area contributed by atoms with E-state index in [2.05, 4.69) is 10.4 Å². The van der Waals surface area contributed by atoms with Gasteiger partial charge in [-0.2, -0.15) is 0 Å². The smallest absolute Gasteiger partial charge is 0.258 e. The lowest BCUT2D eigenvalue weighted by Gasteiger charge is -2.27. The quantitative estimate of drug-likeness (QED) is 0.674. The summed E-state index contributed by atoms with van der Waals surface area (Å²) in [6.45, 7) is 2.47. The van der Waals surface area contributed by atoms with Crippen molar-refractivity contribution in [3.05, 3.63) is 38.9 Å². The van der Waals surface area contributed by atoms with E-state index in [9.17, 15) is 10.1 Å². The molecule has 0 aromatic heterocycles. The molecule has 0 saturated carbocycles. The fraction of sp³-hybridized carbons (Fsp3) is 0.500. The summed E-state index contributed by atoms with van der Waals surface area (Å²) in [5.41, 5.74) is 3.98. The zero-order chi connectivity index (χ0) is 13.0. The van der Waals surface area contributed by atoms with Crippen LogP contribution in [-0.4, -0.2) is 23.0 Å². The van der Waals surface area contributed by atoms with E-state index in [4.69, 9.17) is 11.6 Å². The molecule has 5 nitrogen and oxygen atoms in total. The van der Waals surface area contributed by atoms with Gasteiger partial charge in [-0.25, -0.2) is 5.01 Å². The Morgan fingerprint density at radius 3 is 2.72 bits per heavy atom. The van der Waals surface area contributed by atoms with Crippen LogP contribution in [0.4, 0.5) is 5.69 Å². The first-order valence-electron chi connectivity index (χ1n) is 6.08. The highest BCUT2D eigenvalue weighted by Gasteiger charge is 2.15. The normalized spacial score (nSPS) is 16.7. The molecule has 2 rings (SSSR count). The summed E-state index contributed by atoms with van der Waals surface area (Å²) in [6, 6.07) is 4.79. The lowest BCUT2D eigenvalue weighted by atomic mass is 10.1. The van der Waals surface area contributed by atoms with Crippen molar-refractivity contribution in [2.45, 2.75) is 25.8 Å². The van der Waals surface area contributed by atoms with Gasteiger partial charge < -0.3 is 0 Å². The zero-order valence-corrected chi connectivity index (χ0v) is 10.8. The van der Waals surface area contributed by atoms with Crippen molar-refractivity contribution in [3.8, 4) is 0 Å². The topological polar surface area (TPSA) is 58.4 Å². The maximum absolute atomic E-state index is 10.9. The largest absolute Gasteiger partial charge is 0.275 e. The Hall–Kier alpha value is -1.17. The van der Waals surface area contributed by atoms with Crippen LogP contribution in [0, 0.1) is 10.1 Å². The van der Waals surface area contributed by atoms with Gasteiger partial charge in [-0.15, -0.1) is 0 Å². The molecular formula is C12H16ClN3O2. The Kier molecular flexibility index (Phi) is 4.52. The molecule has 1 heterocycles. The van der Waals surface area contributed by atoms with Crippen LogP contribution in [-0.2, 0) is 6.54 Å². The van der Waals surface area contributed by atoms with Crippen LogP contribution in [0.2, 0.25) is 5.02 Å². The van der Waals surface area contributed by atoms with Gasteiger partial charge in [0.15, 0.2) is 0 Å². The highest BCUT2D eigenvalue weighted by Crippen LogP contribution is 2.23. The number of hydrazine groups is 1. The highest BCUT2D eigenvalue weighted by molar-refractivity contribution is 6.30. The number of nitrogens with one attached hydrogen (secondary N) is 1. The number of hydrogen-bond acceptors (Lipinski definition) is 4. The first-order chi connectivity index (χ1) is 8.66. The second-order valence-corrected chi connectivity index (χ2v) is 4.85. The fourth-order valence-electron chi connectivity index (χ4n) is 2.11. The van der Waals surface area contributed by atoms with E-state index >= 15 is 0 Å². The molecule has 1 N–H and O–H groups in total. The van der Waals surface area contributed by atoms with Crippen LogP contribution in [0.25, 0.3) is 0 Å². The standard InChI is InChI=1S/C12H16ClN3O2/c13-11-5-4-10(12(8-11)16(17)18)9-14-15-6-2-1-3-7-15/h4-5,8,14H,1-3,6-7,9H2. The molecule has 0 atom stereocenters. The minimum atomic E-state index is -0.390. The van der Waals surface area contributed by atoms with Gasteiger partial charge in [-0.1, -0.05) is 18.0 Å². The molecule has 0 amide bonds. The van der Waals surface area contributed by atoms with E-state index in [1.807, 2.05) is 0 Å². The molecule has 1 aromatic rings. The van der Waals surface area contributed by atoms with Crippen molar-refractivity contribution in [2.75, 3.05) is 13.1 Å². The minimum Gasteiger partial charge on any atom is -0.258 e. The van der Waals surface area contributed by atoms with Crippen molar-refractivity contribution in [1.82, 2.24) is 10.4 Å². The molecule has 18 heavy (non-hydrogen) atoms. The van der Waals surface area contributed by atoms with E-state index in [1.165, 1.54) is 25.3 Å². The summed E-state index contributed by atoms with van der Waals surface area (Å²) in [4.78, 5) is 10.5. The Morgan fingerprint density at radius 2 is 2.06 bits per heavy atom.